The van der Waals surface area contributed by atoms with Crippen molar-refractivity contribution in [1.29, 1.82) is 0 Å². The minimum absolute atomic E-state index is 0.153. The predicted octanol–water partition coefficient (Wildman–Crippen LogP) is 4.93. The van der Waals surface area contributed by atoms with Gasteiger partial charge >= 0.3 is 6.55 Å². The molecule has 0 aliphatic carbocycles. The van der Waals surface area contributed by atoms with Crippen LogP contribution in [0.25, 0.3) is 21.8 Å². The van der Waals surface area contributed by atoms with Crippen LogP contribution in [-0.4, -0.2) is 33.7 Å². The Morgan fingerprint density at radius 1 is 1.10 bits per heavy atom. The average molecular weight is 397 g/mol. The number of aromatic nitrogens is 2. The highest BCUT2D eigenvalue weighted by Gasteiger charge is 2.19. The van der Waals surface area contributed by atoms with Gasteiger partial charge in [0, 0.05) is 12.1 Å². The lowest BCUT2D eigenvalue weighted by atomic mass is 10.0. The summed E-state index contributed by atoms with van der Waals surface area (Å²) in [6.45, 7) is -2.11. The van der Waals surface area contributed by atoms with Gasteiger partial charge < -0.3 is 9.84 Å². The van der Waals surface area contributed by atoms with Crippen LogP contribution in [0, 0.1) is 0 Å². The van der Waals surface area contributed by atoms with E-state index in [-0.39, 0.29) is 18.1 Å². The second-order valence-corrected chi connectivity index (χ2v) is 6.99. The van der Waals surface area contributed by atoms with Gasteiger partial charge in [-0.15, -0.1) is 0 Å². The van der Waals surface area contributed by atoms with Crippen LogP contribution in [0.5, 0.6) is 11.5 Å². The second-order valence-electron chi connectivity index (χ2n) is 6.99. The molecule has 1 aromatic heterocycles. The maximum atomic E-state index is 13.7. The Morgan fingerprint density at radius 2 is 1.86 bits per heavy atom. The van der Waals surface area contributed by atoms with E-state index in [1.54, 1.807) is 37.4 Å². The third-order valence-corrected chi connectivity index (χ3v) is 5.02. The van der Waals surface area contributed by atoms with Crippen LogP contribution >= 0.6 is 0 Å². The van der Waals surface area contributed by atoms with Gasteiger partial charge in [0.25, 0.3) is 0 Å². The quantitative estimate of drug-likeness (QED) is 0.501. The molecule has 7 heteroatoms. The Balaban J connectivity index is 1.67. The first-order valence-corrected chi connectivity index (χ1v) is 9.19. The number of fused-ring (bicyclic) bond motifs is 2. The van der Waals surface area contributed by atoms with E-state index in [9.17, 15) is 13.9 Å². The molecule has 0 saturated heterocycles. The molecule has 0 fully saturated rings. The number of nitrogens with zero attached hydrogens (tertiary/aromatic N) is 3. The average Bonchev–Trinajstić information content (AvgIpc) is 3.07. The van der Waals surface area contributed by atoms with Crippen LogP contribution in [0.1, 0.15) is 17.9 Å². The van der Waals surface area contributed by atoms with Crippen molar-refractivity contribution >= 4 is 21.8 Å². The normalized spacial score (nSPS) is 11.8. The smallest absolute Gasteiger partial charge is 0.320 e. The molecule has 4 rings (SSSR count). The molecule has 4 aromatic rings. The Morgan fingerprint density at radius 3 is 2.62 bits per heavy atom. The zero-order valence-corrected chi connectivity index (χ0v) is 16.1. The molecule has 0 bridgehead atoms. The largest absolute Gasteiger partial charge is 0.508 e. The molecule has 150 valence electrons. The monoisotopic (exact) mass is 397 g/mol. The number of methoxy groups -OCH3 is 1. The van der Waals surface area contributed by atoms with Crippen molar-refractivity contribution in [2.24, 2.45) is 0 Å². The summed E-state index contributed by atoms with van der Waals surface area (Å²) in [4.78, 5) is 6.24. The molecule has 0 radical (unpaired) electrons. The minimum atomic E-state index is -2.68. The van der Waals surface area contributed by atoms with Crippen molar-refractivity contribution in [3.8, 4) is 11.5 Å². The van der Waals surface area contributed by atoms with E-state index in [2.05, 4.69) is 4.98 Å². The first-order chi connectivity index (χ1) is 14.0. The van der Waals surface area contributed by atoms with Crippen LogP contribution in [-0.2, 0) is 13.1 Å². The van der Waals surface area contributed by atoms with Crippen molar-refractivity contribution in [3.63, 3.8) is 0 Å². The second kappa shape index (κ2) is 7.67. The number of benzene rings is 3. The maximum Gasteiger partial charge on any atom is 0.320 e. The Bertz CT molecular complexity index is 1170. The van der Waals surface area contributed by atoms with E-state index in [4.69, 9.17) is 4.74 Å². The van der Waals surface area contributed by atoms with Gasteiger partial charge in [-0.2, -0.15) is 8.78 Å². The number of phenols is 1. The fourth-order valence-electron chi connectivity index (χ4n) is 3.63. The highest BCUT2D eigenvalue weighted by atomic mass is 19.3. The molecule has 0 amide bonds. The van der Waals surface area contributed by atoms with Crippen molar-refractivity contribution < 1.29 is 18.6 Å². The molecular weight excluding hydrogens is 376 g/mol. The molecule has 3 aromatic carbocycles. The molecule has 29 heavy (non-hydrogen) atoms. The topological polar surface area (TPSA) is 50.5 Å². The molecule has 1 heterocycles. The van der Waals surface area contributed by atoms with Crippen LogP contribution in [0.2, 0.25) is 0 Å². The molecule has 0 aliphatic heterocycles. The molecule has 5 nitrogen and oxygen atoms in total. The number of alkyl halides is 2. The number of para-hydroxylation sites is 2. The molecule has 0 atom stereocenters. The highest BCUT2D eigenvalue weighted by Crippen LogP contribution is 2.31. The summed E-state index contributed by atoms with van der Waals surface area (Å²) in [6, 6.07) is 16.0. The van der Waals surface area contributed by atoms with Crippen molar-refractivity contribution in [2.45, 2.75) is 19.6 Å². The van der Waals surface area contributed by atoms with Gasteiger partial charge in [-0.3, -0.25) is 9.47 Å². The standard InChI is InChI=1S/C22H21F2N3O2/c1-26(13-21-25-18-5-3-4-6-19(18)27(21)22(23)24)12-17-16-11-15(29-2)9-7-14(16)8-10-20(17)28/h3-11,22,28H,12-13H2,1-2H3. The molecule has 0 aliphatic rings. The van der Waals surface area contributed by atoms with Gasteiger partial charge in [-0.1, -0.05) is 24.3 Å². The Hall–Kier alpha value is -3.19. The van der Waals surface area contributed by atoms with Crippen LogP contribution in [0.4, 0.5) is 8.78 Å². The molecule has 0 saturated carbocycles. The van der Waals surface area contributed by atoms with E-state index < -0.39 is 6.55 Å². The molecular formula is C22H21F2N3O2. The number of hydrogen-bond donors (Lipinski definition) is 1. The summed E-state index contributed by atoms with van der Waals surface area (Å²) in [5.74, 6) is 1.12. The number of halogens is 2. The van der Waals surface area contributed by atoms with Gasteiger partial charge in [0.15, 0.2) is 0 Å². The van der Waals surface area contributed by atoms with Crippen molar-refractivity contribution in [1.82, 2.24) is 14.5 Å². The number of aromatic hydroxyl groups is 1. The van der Waals surface area contributed by atoms with E-state index >= 15 is 0 Å². The summed E-state index contributed by atoms with van der Waals surface area (Å²) < 4.78 is 33.6. The highest BCUT2D eigenvalue weighted by molar-refractivity contribution is 5.89. The number of phenolic OH excluding ortho intramolecular Hbond substituents is 1. The Kier molecular flexibility index (Phi) is 5.07. The zero-order chi connectivity index (χ0) is 20.5. The first-order valence-electron chi connectivity index (χ1n) is 9.19. The molecule has 0 spiro atoms. The van der Waals surface area contributed by atoms with Crippen molar-refractivity contribution in [2.75, 3.05) is 14.2 Å². The summed E-state index contributed by atoms with van der Waals surface area (Å²) in [7, 11) is 3.40. The van der Waals surface area contributed by atoms with Crippen LogP contribution in [0.15, 0.2) is 54.6 Å². The van der Waals surface area contributed by atoms with E-state index in [1.165, 1.54) is 0 Å². The lowest BCUT2D eigenvalue weighted by Gasteiger charge is -2.19. The fraction of sp³-hybridized carbons (Fsp3) is 0.227. The van der Waals surface area contributed by atoms with Gasteiger partial charge in [0.05, 0.1) is 24.7 Å². The number of imidazole rings is 1. The van der Waals surface area contributed by atoms with Crippen LogP contribution < -0.4 is 4.74 Å². The lowest BCUT2D eigenvalue weighted by Crippen LogP contribution is -2.20. The van der Waals surface area contributed by atoms with E-state index in [0.29, 0.717) is 28.9 Å². The van der Waals surface area contributed by atoms with Crippen LogP contribution in [0.3, 0.4) is 0 Å². The third-order valence-electron chi connectivity index (χ3n) is 5.02. The van der Waals surface area contributed by atoms with Crippen molar-refractivity contribution in [3.05, 3.63) is 66.0 Å². The number of hydrogen-bond acceptors (Lipinski definition) is 4. The maximum absolute atomic E-state index is 13.7. The first kappa shape index (κ1) is 19.1. The lowest BCUT2D eigenvalue weighted by molar-refractivity contribution is 0.0689. The van der Waals surface area contributed by atoms with Gasteiger partial charge in [0.1, 0.15) is 17.3 Å². The number of rotatable bonds is 6. The summed E-state index contributed by atoms with van der Waals surface area (Å²) >= 11 is 0. The van der Waals surface area contributed by atoms with E-state index in [1.807, 2.05) is 36.2 Å². The Labute approximate surface area is 166 Å². The fourth-order valence-corrected chi connectivity index (χ4v) is 3.63. The third kappa shape index (κ3) is 3.61. The van der Waals surface area contributed by atoms with Gasteiger partial charge in [-0.25, -0.2) is 4.98 Å². The zero-order valence-electron chi connectivity index (χ0n) is 16.1. The predicted molar refractivity (Wildman–Crippen MR) is 108 cm³/mol. The van der Waals surface area contributed by atoms with Gasteiger partial charge in [-0.05, 0) is 48.2 Å². The SMILES string of the molecule is COc1ccc2ccc(O)c(CN(C)Cc3nc4ccccc4n3C(F)F)c2c1. The summed E-state index contributed by atoms with van der Waals surface area (Å²) in [6.07, 6.45) is 0. The summed E-state index contributed by atoms with van der Waals surface area (Å²) in [5.41, 5.74) is 1.65. The van der Waals surface area contributed by atoms with E-state index in [0.717, 1.165) is 15.3 Å². The summed E-state index contributed by atoms with van der Waals surface area (Å²) in [5, 5.41) is 12.3. The molecule has 1 N–H and O–H groups in total. The minimum Gasteiger partial charge on any atom is -0.508 e. The van der Waals surface area contributed by atoms with Gasteiger partial charge in [0.2, 0.25) is 0 Å². The molecule has 0 unspecified atom stereocenters. The number of ether oxygens (including phenoxy) is 1.